The monoisotopic (exact) mass is 436 g/mol. The highest BCUT2D eigenvalue weighted by molar-refractivity contribution is 7.15. The summed E-state index contributed by atoms with van der Waals surface area (Å²) in [4.78, 5) is 22.4. The Morgan fingerprint density at radius 2 is 2.23 bits per heavy atom. The largest absolute Gasteiger partial charge is 0.351 e. The van der Waals surface area contributed by atoms with Gasteiger partial charge in [0.25, 0.3) is 0 Å². The third-order valence-corrected chi connectivity index (χ3v) is 6.34. The van der Waals surface area contributed by atoms with Gasteiger partial charge in [0.2, 0.25) is 5.91 Å². The Hall–Kier alpha value is -2.84. The van der Waals surface area contributed by atoms with Crippen LogP contribution in [0.1, 0.15) is 28.8 Å². The van der Waals surface area contributed by atoms with Gasteiger partial charge in [-0.05, 0) is 44.5 Å². The van der Waals surface area contributed by atoms with E-state index in [2.05, 4.69) is 61.5 Å². The van der Waals surface area contributed by atoms with Crippen molar-refractivity contribution in [2.45, 2.75) is 32.2 Å². The molecule has 4 rings (SSSR count). The lowest BCUT2D eigenvalue weighted by atomic mass is 10.1. The van der Waals surface area contributed by atoms with Gasteiger partial charge in [0.15, 0.2) is 10.9 Å². The minimum atomic E-state index is -0.0389. The highest BCUT2D eigenvalue weighted by Gasteiger charge is 2.27. The van der Waals surface area contributed by atoms with E-state index in [4.69, 9.17) is 0 Å². The van der Waals surface area contributed by atoms with Gasteiger partial charge in [-0.2, -0.15) is 5.10 Å². The maximum absolute atomic E-state index is 12.5. The normalized spacial score (nSPS) is 16.1. The molecule has 1 atom stereocenters. The van der Waals surface area contributed by atoms with Gasteiger partial charge in [0.05, 0.1) is 6.54 Å². The number of anilines is 2. The minimum absolute atomic E-state index is 0.0389. The van der Waals surface area contributed by atoms with Crippen LogP contribution in [-0.2, 0) is 11.2 Å². The number of carbonyl (C=O) groups is 1. The standard InChI is InChI=1S/C23H28N6OS/c1-17-6-3-7-18(12-17)13-20-14-24-23(31-20)26-22(30)16-28(2)15-19-8-5-11-29(19)21-9-4-10-25-27-21/h3-4,6-7,9-10,12,14,19H,5,8,11,13,15-16H2,1-2H3,(H,24,26,30). The average Bonchev–Trinajstić information content (AvgIpc) is 3.38. The number of thiazole rings is 1. The van der Waals surface area contributed by atoms with E-state index < -0.39 is 0 Å². The molecule has 2 aromatic heterocycles. The number of nitrogens with zero attached hydrogens (tertiary/aromatic N) is 5. The van der Waals surface area contributed by atoms with Crippen LogP contribution in [-0.4, -0.2) is 58.7 Å². The van der Waals surface area contributed by atoms with E-state index >= 15 is 0 Å². The van der Waals surface area contributed by atoms with Crippen LogP contribution < -0.4 is 10.2 Å². The van der Waals surface area contributed by atoms with Crippen LogP contribution in [0.5, 0.6) is 0 Å². The quantitative estimate of drug-likeness (QED) is 0.584. The molecule has 1 N–H and O–H groups in total. The zero-order valence-electron chi connectivity index (χ0n) is 18.0. The summed E-state index contributed by atoms with van der Waals surface area (Å²) in [5.41, 5.74) is 2.50. The second kappa shape index (κ2) is 9.98. The first kappa shape index (κ1) is 21.4. The summed E-state index contributed by atoms with van der Waals surface area (Å²) < 4.78 is 0. The molecule has 3 heterocycles. The summed E-state index contributed by atoms with van der Waals surface area (Å²) in [6.45, 7) is 4.21. The van der Waals surface area contributed by atoms with Crippen LogP contribution in [0, 0.1) is 6.92 Å². The summed E-state index contributed by atoms with van der Waals surface area (Å²) >= 11 is 1.53. The minimum Gasteiger partial charge on any atom is -0.351 e. The molecule has 31 heavy (non-hydrogen) atoms. The fourth-order valence-corrected chi connectivity index (χ4v) is 4.94. The molecule has 1 saturated heterocycles. The number of rotatable bonds is 8. The second-order valence-corrected chi connectivity index (χ2v) is 9.23. The Kier molecular flexibility index (Phi) is 6.89. The summed E-state index contributed by atoms with van der Waals surface area (Å²) in [6.07, 6.45) is 6.59. The number of hydrogen-bond donors (Lipinski definition) is 1. The molecule has 3 aromatic rings. The van der Waals surface area contributed by atoms with Crippen molar-refractivity contribution in [3.05, 3.63) is 64.8 Å². The molecule has 0 saturated carbocycles. The molecule has 8 heteroatoms. The second-order valence-electron chi connectivity index (χ2n) is 8.11. The summed E-state index contributed by atoms with van der Waals surface area (Å²) in [5, 5.41) is 11.8. The molecule has 1 aromatic carbocycles. The van der Waals surface area contributed by atoms with E-state index in [1.54, 1.807) is 6.20 Å². The molecule has 0 aliphatic carbocycles. The van der Waals surface area contributed by atoms with Crippen LogP contribution in [0.25, 0.3) is 0 Å². The van der Waals surface area contributed by atoms with E-state index in [0.717, 1.165) is 43.0 Å². The van der Waals surface area contributed by atoms with Crippen molar-refractivity contribution in [3.8, 4) is 0 Å². The Bertz CT molecular complexity index is 1010. The smallest absolute Gasteiger partial charge is 0.240 e. The van der Waals surface area contributed by atoms with Crippen molar-refractivity contribution in [2.24, 2.45) is 0 Å². The predicted octanol–water partition coefficient (Wildman–Crippen LogP) is 3.37. The maximum Gasteiger partial charge on any atom is 0.240 e. The van der Waals surface area contributed by atoms with E-state index in [1.807, 2.05) is 25.4 Å². The SMILES string of the molecule is Cc1cccc(Cc2cnc(NC(=O)CN(C)CC3CCCN3c3cccnn3)s2)c1. The molecule has 0 radical (unpaired) electrons. The Morgan fingerprint density at radius 3 is 3.03 bits per heavy atom. The first-order chi connectivity index (χ1) is 15.1. The summed E-state index contributed by atoms with van der Waals surface area (Å²) in [6, 6.07) is 12.7. The van der Waals surface area contributed by atoms with Gasteiger partial charge in [-0.25, -0.2) is 4.98 Å². The van der Waals surface area contributed by atoms with Crippen molar-refractivity contribution in [3.63, 3.8) is 0 Å². The zero-order valence-corrected chi connectivity index (χ0v) is 18.8. The van der Waals surface area contributed by atoms with Gasteiger partial charge in [-0.15, -0.1) is 16.4 Å². The predicted molar refractivity (Wildman–Crippen MR) is 125 cm³/mol. The fourth-order valence-electron chi connectivity index (χ4n) is 4.07. The van der Waals surface area contributed by atoms with Crippen LogP contribution in [0.15, 0.2) is 48.8 Å². The zero-order chi connectivity index (χ0) is 21.6. The van der Waals surface area contributed by atoms with Gasteiger partial charge < -0.3 is 10.2 Å². The van der Waals surface area contributed by atoms with Gasteiger partial charge in [0.1, 0.15) is 0 Å². The molecular formula is C23H28N6OS. The number of aromatic nitrogens is 3. The van der Waals surface area contributed by atoms with Crippen molar-refractivity contribution in [2.75, 3.05) is 36.9 Å². The molecule has 1 aliphatic rings. The van der Waals surface area contributed by atoms with Crippen molar-refractivity contribution in [1.29, 1.82) is 0 Å². The number of aryl methyl sites for hydroxylation is 1. The first-order valence-electron chi connectivity index (χ1n) is 10.6. The Balaban J connectivity index is 1.27. The van der Waals surface area contributed by atoms with Gasteiger partial charge in [-0.3, -0.25) is 9.69 Å². The molecule has 1 amide bonds. The van der Waals surface area contributed by atoms with E-state index in [-0.39, 0.29) is 5.91 Å². The fraction of sp³-hybridized carbons (Fsp3) is 0.391. The summed E-state index contributed by atoms with van der Waals surface area (Å²) in [7, 11) is 1.98. The molecule has 1 fully saturated rings. The molecule has 1 aliphatic heterocycles. The topological polar surface area (TPSA) is 74.2 Å². The number of nitrogens with one attached hydrogen (secondary N) is 1. The van der Waals surface area contributed by atoms with E-state index in [1.165, 1.54) is 22.5 Å². The van der Waals surface area contributed by atoms with Crippen molar-refractivity contribution >= 4 is 28.2 Å². The van der Waals surface area contributed by atoms with E-state index in [0.29, 0.717) is 17.7 Å². The van der Waals surface area contributed by atoms with Crippen LogP contribution in [0.3, 0.4) is 0 Å². The number of amides is 1. The number of likely N-dealkylation sites (N-methyl/N-ethyl adjacent to an activating group) is 1. The number of carbonyl (C=O) groups excluding carboxylic acids is 1. The molecule has 0 bridgehead atoms. The maximum atomic E-state index is 12.5. The van der Waals surface area contributed by atoms with Crippen molar-refractivity contribution in [1.82, 2.24) is 20.1 Å². The van der Waals surface area contributed by atoms with E-state index in [9.17, 15) is 4.79 Å². The molecule has 1 unspecified atom stereocenters. The van der Waals surface area contributed by atoms with Crippen molar-refractivity contribution < 1.29 is 4.79 Å². The van der Waals surface area contributed by atoms with Gasteiger partial charge >= 0.3 is 0 Å². The van der Waals surface area contributed by atoms with Gasteiger partial charge in [-0.1, -0.05) is 29.8 Å². The lowest BCUT2D eigenvalue weighted by Gasteiger charge is -2.28. The highest BCUT2D eigenvalue weighted by Crippen LogP contribution is 2.24. The molecule has 0 spiro atoms. The average molecular weight is 437 g/mol. The van der Waals surface area contributed by atoms with Crippen LogP contribution in [0.4, 0.5) is 10.9 Å². The molecular weight excluding hydrogens is 408 g/mol. The lowest BCUT2D eigenvalue weighted by molar-refractivity contribution is -0.117. The number of benzene rings is 1. The lowest BCUT2D eigenvalue weighted by Crippen LogP contribution is -2.42. The Labute approximate surface area is 187 Å². The van der Waals surface area contributed by atoms with Gasteiger partial charge in [0, 0.05) is 42.8 Å². The third kappa shape index (κ3) is 5.86. The molecule has 162 valence electrons. The van der Waals surface area contributed by atoms with Crippen LogP contribution >= 0.6 is 11.3 Å². The molecule has 7 nitrogen and oxygen atoms in total. The van der Waals surface area contributed by atoms with Crippen LogP contribution in [0.2, 0.25) is 0 Å². The first-order valence-corrected chi connectivity index (χ1v) is 11.4. The Morgan fingerprint density at radius 1 is 1.32 bits per heavy atom. The highest BCUT2D eigenvalue weighted by atomic mass is 32.1. The third-order valence-electron chi connectivity index (χ3n) is 5.43. The summed E-state index contributed by atoms with van der Waals surface area (Å²) in [5.74, 6) is 0.870. The number of hydrogen-bond acceptors (Lipinski definition) is 7.